The van der Waals surface area contributed by atoms with Crippen molar-refractivity contribution in [2.24, 2.45) is 5.92 Å². The number of amides is 2. The monoisotopic (exact) mass is 371 g/mol. The van der Waals surface area contributed by atoms with Crippen molar-refractivity contribution in [2.45, 2.75) is 17.1 Å². The quantitative estimate of drug-likeness (QED) is 0.720. The maximum Gasteiger partial charge on any atom is 0.252 e. The third-order valence-corrected chi connectivity index (χ3v) is 7.94. The molecule has 3 rings (SSSR count). The van der Waals surface area contributed by atoms with Crippen LogP contribution in [-0.2, 0) is 19.6 Å². The Labute approximate surface area is 145 Å². The lowest BCUT2D eigenvalue weighted by atomic mass is 9.96. The van der Waals surface area contributed by atoms with E-state index in [1.54, 1.807) is 27.3 Å². The highest BCUT2D eigenvalue weighted by molar-refractivity contribution is 7.91. The Bertz CT molecular complexity index is 674. The average molecular weight is 371 g/mol. The number of piperazine rings is 1. The minimum absolute atomic E-state index is 0.0914. The van der Waals surface area contributed by atoms with Gasteiger partial charge in [0.1, 0.15) is 4.21 Å². The summed E-state index contributed by atoms with van der Waals surface area (Å²) < 4.78 is 26.8. The Morgan fingerprint density at radius 1 is 1.12 bits per heavy atom. The highest BCUT2D eigenvalue weighted by Crippen LogP contribution is 2.27. The van der Waals surface area contributed by atoms with Crippen LogP contribution >= 0.6 is 11.3 Å². The summed E-state index contributed by atoms with van der Waals surface area (Å²) in [6.45, 7) is 3.02. The first-order valence-corrected chi connectivity index (χ1v) is 10.4. The van der Waals surface area contributed by atoms with Gasteiger partial charge in [0.05, 0.1) is 0 Å². The van der Waals surface area contributed by atoms with E-state index in [1.807, 2.05) is 0 Å². The highest BCUT2D eigenvalue weighted by atomic mass is 32.2. The van der Waals surface area contributed by atoms with Gasteiger partial charge >= 0.3 is 0 Å². The van der Waals surface area contributed by atoms with Gasteiger partial charge < -0.3 is 9.80 Å². The van der Waals surface area contributed by atoms with Crippen molar-refractivity contribution < 1.29 is 18.0 Å². The normalized spacial score (nSPS) is 21.0. The minimum Gasteiger partial charge on any atom is -0.342 e. The number of piperidine rings is 1. The Morgan fingerprint density at radius 2 is 1.79 bits per heavy atom. The van der Waals surface area contributed by atoms with Crippen molar-refractivity contribution in [3.63, 3.8) is 0 Å². The van der Waals surface area contributed by atoms with Crippen molar-refractivity contribution in [1.82, 2.24) is 14.1 Å². The number of carbonyl (C=O) groups excluding carboxylic acids is 2. The van der Waals surface area contributed by atoms with Gasteiger partial charge in [-0.15, -0.1) is 11.3 Å². The number of carbonyl (C=O) groups is 2. The molecule has 0 saturated carbocycles. The predicted molar refractivity (Wildman–Crippen MR) is 90.0 cm³/mol. The second-order valence-corrected chi connectivity index (χ2v) is 9.19. The van der Waals surface area contributed by atoms with Crippen LogP contribution in [0.4, 0.5) is 0 Å². The van der Waals surface area contributed by atoms with Crippen molar-refractivity contribution in [1.29, 1.82) is 0 Å². The summed E-state index contributed by atoms with van der Waals surface area (Å²) >= 11 is 1.22. The first-order valence-electron chi connectivity index (χ1n) is 8.04. The topological polar surface area (TPSA) is 78.0 Å². The van der Waals surface area contributed by atoms with E-state index in [0.717, 1.165) is 6.41 Å². The van der Waals surface area contributed by atoms with Gasteiger partial charge in [0, 0.05) is 45.2 Å². The van der Waals surface area contributed by atoms with E-state index < -0.39 is 10.0 Å². The van der Waals surface area contributed by atoms with E-state index in [0.29, 0.717) is 56.3 Å². The fraction of sp³-hybridized carbons (Fsp3) is 0.600. The molecule has 0 bridgehead atoms. The van der Waals surface area contributed by atoms with Crippen LogP contribution in [0.3, 0.4) is 0 Å². The molecule has 24 heavy (non-hydrogen) atoms. The lowest BCUT2D eigenvalue weighted by Crippen LogP contribution is -2.51. The van der Waals surface area contributed by atoms with Crippen LogP contribution in [0.2, 0.25) is 0 Å². The van der Waals surface area contributed by atoms with Gasteiger partial charge in [0.25, 0.3) is 10.0 Å². The smallest absolute Gasteiger partial charge is 0.252 e. The van der Waals surface area contributed by atoms with Crippen molar-refractivity contribution in [3.8, 4) is 0 Å². The summed E-state index contributed by atoms with van der Waals surface area (Å²) in [4.78, 5) is 26.8. The van der Waals surface area contributed by atoms with E-state index in [1.165, 1.54) is 15.6 Å². The molecule has 2 amide bonds. The maximum atomic E-state index is 12.6. The van der Waals surface area contributed by atoms with Crippen LogP contribution < -0.4 is 0 Å². The van der Waals surface area contributed by atoms with E-state index in [9.17, 15) is 18.0 Å². The number of sulfonamides is 1. The molecule has 0 unspecified atom stereocenters. The van der Waals surface area contributed by atoms with Crippen LogP contribution in [-0.4, -0.2) is 74.1 Å². The van der Waals surface area contributed by atoms with E-state index in [-0.39, 0.29) is 11.8 Å². The summed E-state index contributed by atoms with van der Waals surface area (Å²) in [6, 6.07) is 3.34. The molecule has 1 aromatic heterocycles. The van der Waals surface area contributed by atoms with Crippen molar-refractivity contribution >= 4 is 33.7 Å². The minimum atomic E-state index is -3.42. The lowest BCUT2D eigenvalue weighted by molar-refractivity contribution is -0.140. The fourth-order valence-corrected chi connectivity index (χ4v) is 5.80. The third kappa shape index (κ3) is 3.47. The largest absolute Gasteiger partial charge is 0.342 e. The molecule has 2 aliphatic rings. The molecule has 1 aromatic rings. The maximum absolute atomic E-state index is 12.6. The highest BCUT2D eigenvalue weighted by Gasteiger charge is 2.34. The molecule has 3 heterocycles. The van der Waals surface area contributed by atoms with Gasteiger partial charge in [-0.1, -0.05) is 6.07 Å². The molecular weight excluding hydrogens is 350 g/mol. The molecule has 0 atom stereocenters. The molecule has 0 radical (unpaired) electrons. The summed E-state index contributed by atoms with van der Waals surface area (Å²) in [5.41, 5.74) is 0. The zero-order chi connectivity index (χ0) is 17.2. The number of rotatable bonds is 4. The summed E-state index contributed by atoms with van der Waals surface area (Å²) in [5, 5.41) is 1.75. The predicted octanol–water partition coefficient (Wildman–Crippen LogP) is 0.449. The molecule has 0 aromatic carbocycles. The molecule has 0 spiro atoms. The summed E-state index contributed by atoms with van der Waals surface area (Å²) in [7, 11) is -3.42. The number of nitrogens with zero attached hydrogens (tertiary/aromatic N) is 3. The van der Waals surface area contributed by atoms with E-state index in [4.69, 9.17) is 0 Å². The van der Waals surface area contributed by atoms with Crippen molar-refractivity contribution in [2.75, 3.05) is 39.3 Å². The fourth-order valence-electron chi connectivity index (χ4n) is 3.19. The Balaban J connectivity index is 1.55. The van der Waals surface area contributed by atoms with Crippen LogP contribution in [0, 0.1) is 5.92 Å². The molecule has 9 heteroatoms. The Kier molecular flexibility index (Phi) is 5.21. The molecule has 0 aliphatic carbocycles. The second kappa shape index (κ2) is 7.20. The first-order chi connectivity index (χ1) is 11.5. The first kappa shape index (κ1) is 17.4. The van der Waals surface area contributed by atoms with E-state index in [2.05, 4.69) is 0 Å². The SMILES string of the molecule is O=CN1CCN(C(=O)C2CCN(S(=O)(=O)c3cccs3)CC2)CC1. The third-order valence-electron chi connectivity index (χ3n) is 4.67. The summed E-state index contributed by atoms with van der Waals surface area (Å²) in [5.74, 6) is -0.0312. The van der Waals surface area contributed by atoms with Crippen LogP contribution in [0.25, 0.3) is 0 Å². The van der Waals surface area contributed by atoms with E-state index >= 15 is 0 Å². The summed E-state index contributed by atoms with van der Waals surface area (Å²) in [6.07, 6.45) is 1.92. The van der Waals surface area contributed by atoms with Gasteiger partial charge in [0.2, 0.25) is 12.3 Å². The van der Waals surface area contributed by atoms with Crippen LogP contribution in [0.1, 0.15) is 12.8 Å². The molecule has 0 N–H and O–H groups in total. The second-order valence-electron chi connectivity index (χ2n) is 6.08. The standard InChI is InChI=1S/C15H21N3O4S2/c19-12-16-7-9-17(10-8-16)15(20)13-3-5-18(6-4-13)24(21,22)14-2-1-11-23-14/h1-2,11-13H,3-10H2. The molecular formula is C15H21N3O4S2. The number of hydrogen-bond acceptors (Lipinski definition) is 5. The van der Waals surface area contributed by atoms with Crippen LogP contribution in [0.5, 0.6) is 0 Å². The molecule has 132 valence electrons. The van der Waals surface area contributed by atoms with Crippen molar-refractivity contribution in [3.05, 3.63) is 17.5 Å². The van der Waals surface area contributed by atoms with Gasteiger partial charge in [-0.25, -0.2) is 8.42 Å². The number of hydrogen-bond donors (Lipinski definition) is 0. The van der Waals surface area contributed by atoms with Gasteiger partial charge in [-0.3, -0.25) is 9.59 Å². The zero-order valence-corrected chi connectivity index (χ0v) is 15.0. The van der Waals surface area contributed by atoms with Gasteiger partial charge in [-0.2, -0.15) is 4.31 Å². The van der Waals surface area contributed by atoms with Gasteiger partial charge in [-0.05, 0) is 24.3 Å². The number of thiophene rings is 1. The zero-order valence-electron chi connectivity index (χ0n) is 13.3. The Morgan fingerprint density at radius 3 is 2.33 bits per heavy atom. The average Bonchev–Trinajstić information content (AvgIpc) is 3.17. The van der Waals surface area contributed by atoms with Gasteiger partial charge in [0.15, 0.2) is 0 Å². The molecule has 7 nitrogen and oxygen atoms in total. The molecule has 2 fully saturated rings. The molecule has 2 aliphatic heterocycles. The van der Waals surface area contributed by atoms with Crippen LogP contribution in [0.15, 0.2) is 21.7 Å². The molecule has 2 saturated heterocycles. The Hall–Kier alpha value is -1.45. The lowest BCUT2D eigenvalue weighted by Gasteiger charge is -2.37.